The monoisotopic (exact) mass is 134 g/mol. The summed E-state index contributed by atoms with van der Waals surface area (Å²) < 4.78 is 0. The lowest BCUT2D eigenvalue weighted by Gasteiger charge is -1.95. The fourth-order valence-electron chi connectivity index (χ4n) is 0.727. The average molecular weight is 134 g/mol. The molecule has 2 heteroatoms. The van der Waals surface area contributed by atoms with Gasteiger partial charge >= 0.3 is 0 Å². The van der Waals surface area contributed by atoms with Crippen LogP contribution in [0.3, 0.4) is 0 Å². The zero-order chi connectivity index (χ0) is 7.40. The Morgan fingerprint density at radius 1 is 1.60 bits per heavy atom. The predicted octanol–water partition coefficient (Wildman–Crippen LogP) is 1.70. The molecule has 2 N–H and O–H groups in total. The molecule has 0 bridgehead atoms. The van der Waals surface area contributed by atoms with E-state index in [1.165, 1.54) is 0 Å². The SMILES string of the molecule is C/C=C\c1ncccc1N. The van der Waals surface area contributed by atoms with Crippen molar-refractivity contribution in [1.82, 2.24) is 4.98 Å². The Balaban J connectivity index is 3.03. The third-order valence-corrected chi connectivity index (χ3v) is 1.20. The molecule has 1 heterocycles. The third kappa shape index (κ3) is 1.35. The smallest absolute Gasteiger partial charge is 0.0855 e. The van der Waals surface area contributed by atoms with Gasteiger partial charge in [0.25, 0.3) is 0 Å². The highest BCUT2D eigenvalue weighted by Gasteiger charge is 1.90. The number of pyridine rings is 1. The first-order valence-corrected chi connectivity index (χ1v) is 3.18. The first-order valence-electron chi connectivity index (χ1n) is 3.18. The number of anilines is 1. The van der Waals surface area contributed by atoms with Crippen LogP contribution in [-0.4, -0.2) is 4.98 Å². The minimum atomic E-state index is 0.723. The van der Waals surface area contributed by atoms with Gasteiger partial charge in [-0.3, -0.25) is 4.98 Å². The highest BCUT2D eigenvalue weighted by molar-refractivity contribution is 5.59. The fourth-order valence-corrected chi connectivity index (χ4v) is 0.727. The molecule has 0 amide bonds. The number of rotatable bonds is 1. The van der Waals surface area contributed by atoms with Crippen molar-refractivity contribution in [2.75, 3.05) is 5.73 Å². The first kappa shape index (κ1) is 6.81. The topological polar surface area (TPSA) is 38.9 Å². The van der Waals surface area contributed by atoms with Gasteiger partial charge in [0.1, 0.15) is 0 Å². The van der Waals surface area contributed by atoms with Crippen molar-refractivity contribution >= 4 is 11.8 Å². The Morgan fingerprint density at radius 2 is 2.40 bits per heavy atom. The van der Waals surface area contributed by atoms with Crippen LogP contribution in [0.25, 0.3) is 6.08 Å². The van der Waals surface area contributed by atoms with E-state index >= 15 is 0 Å². The molecular weight excluding hydrogens is 124 g/mol. The Hall–Kier alpha value is -1.31. The highest BCUT2D eigenvalue weighted by Crippen LogP contribution is 2.07. The van der Waals surface area contributed by atoms with Crippen LogP contribution < -0.4 is 5.73 Å². The van der Waals surface area contributed by atoms with Crippen LogP contribution in [0.1, 0.15) is 12.6 Å². The molecule has 0 fully saturated rings. The second-order valence-electron chi connectivity index (χ2n) is 1.98. The van der Waals surface area contributed by atoms with E-state index in [9.17, 15) is 0 Å². The molecule has 10 heavy (non-hydrogen) atoms. The summed E-state index contributed by atoms with van der Waals surface area (Å²) in [6.07, 6.45) is 5.53. The maximum absolute atomic E-state index is 5.59. The zero-order valence-electron chi connectivity index (χ0n) is 5.91. The van der Waals surface area contributed by atoms with E-state index in [2.05, 4.69) is 4.98 Å². The Labute approximate surface area is 60.4 Å². The molecule has 0 spiro atoms. The second-order valence-corrected chi connectivity index (χ2v) is 1.98. The molecule has 0 aliphatic carbocycles. The lowest BCUT2D eigenvalue weighted by molar-refractivity contribution is 1.30. The third-order valence-electron chi connectivity index (χ3n) is 1.20. The molecule has 0 radical (unpaired) electrons. The summed E-state index contributed by atoms with van der Waals surface area (Å²) in [6.45, 7) is 1.94. The van der Waals surface area contributed by atoms with Crippen molar-refractivity contribution in [3.63, 3.8) is 0 Å². The Bertz CT molecular complexity index is 241. The molecule has 1 rings (SSSR count). The van der Waals surface area contributed by atoms with E-state index in [1.807, 2.05) is 31.2 Å². The molecule has 0 aliphatic rings. The molecular formula is C8H10N2. The van der Waals surface area contributed by atoms with Gasteiger partial charge < -0.3 is 5.73 Å². The van der Waals surface area contributed by atoms with Crippen molar-refractivity contribution in [3.05, 3.63) is 30.1 Å². The van der Waals surface area contributed by atoms with Crippen LogP contribution in [0.2, 0.25) is 0 Å². The summed E-state index contributed by atoms with van der Waals surface area (Å²) in [6, 6.07) is 3.66. The van der Waals surface area contributed by atoms with Crippen molar-refractivity contribution < 1.29 is 0 Å². The van der Waals surface area contributed by atoms with Gasteiger partial charge in [0.15, 0.2) is 0 Å². The number of nitrogen functional groups attached to an aromatic ring is 1. The Kier molecular flexibility index (Phi) is 2.05. The number of hydrogen-bond acceptors (Lipinski definition) is 2. The summed E-state index contributed by atoms with van der Waals surface area (Å²) in [5, 5.41) is 0. The molecule has 0 atom stereocenters. The van der Waals surface area contributed by atoms with Gasteiger partial charge in [-0.2, -0.15) is 0 Å². The maximum Gasteiger partial charge on any atom is 0.0855 e. The van der Waals surface area contributed by atoms with Crippen LogP contribution >= 0.6 is 0 Å². The lowest BCUT2D eigenvalue weighted by Crippen LogP contribution is -1.90. The molecule has 1 aromatic heterocycles. The van der Waals surface area contributed by atoms with Crippen LogP contribution in [0.4, 0.5) is 5.69 Å². The second kappa shape index (κ2) is 3.01. The minimum absolute atomic E-state index is 0.723. The maximum atomic E-state index is 5.59. The summed E-state index contributed by atoms with van der Waals surface area (Å²) in [4.78, 5) is 4.06. The number of nitrogens with two attached hydrogens (primary N) is 1. The molecule has 1 aromatic rings. The van der Waals surface area contributed by atoms with Gasteiger partial charge in [-0.1, -0.05) is 6.08 Å². The lowest BCUT2D eigenvalue weighted by atomic mass is 10.3. The summed E-state index contributed by atoms with van der Waals surface area (Å²) in [5.41, 5.74) is 7.15. The van der Waals surface area contributed by atoms with Gasteiger partial charge in [-0.25, -0.2) is 0 Å². The molecule has 0 unspecified atom stereocenters. The van der Waals surface area contributed by atoms with Crippen molar-refractivity contribution in [2.45, 2.75) is 6.92 Å². The first-order chi connectivity index (χ1) is 4.84. The van der Waals surface area contributed by atoms with Crippen molar-refractivity contribution in [2.24, 2.45) is 0 Å². The fraction of sp³-hybridized carbons (Fsp3) is 0.125. The van der Waals surface area contributed by atoms with Gasteiger partial charge in [0.2, 0.25) is 0 Å². The molecule has 2 nitrogen and oxygen atoms in total. The Morgan fingerprint density at radius 3 is 3.00 bits per heavy atom. The van der Waals surface area contributed by atoms with E-state index in [1.54, 1.807) is 6.20 Å². The average Bonchev–Trinajstić information content (AvgIpc) is 1.94. The van der Waals surface area contributed by atoms with Crippen LogP contribution in [0.15, 0.2) is 24.4 Å². The normalized spacial score (nSPS) is 10.5. The summed E-state index contributed by atoms with van der Waals surface area (Å²) in [7, 11) is 0. The van der Waals surface area contributed by atoms with Crippen LogP contribution in [0, 0.1) is 0 Å². The molecule has 0 saturated carbocycles. The summed E-state index contributed by atoms with van der Waals surface area (Å²) in [5.74, 6) is 0. The van der Waals surface area contributed by atoms with E-state index in [-0.39, 0.29) is 0 Å². The van der Waals surface area contributed by atoms with Gasteiger partial charge in [-0.05, 0) is 25.1 Å². The highest BCUT2D eigenvalue weighted by atomic mass is 14.7. The van der Waals surface area contributed by atoms with Crippen molar-refractivity contribution in [1.29, 1.82) is 0 Å². The van der Waals surface area contributed by atoms with Crippen LogP contribution in [-0.2, 0) is 0 Å². The predicted molar refractivity (Wildman–Crippen MR) is 43.4 cm³/mol. The molecule has 0 saturated heterocycles. The quantitative estimate of drug-likeness (QED) is 0.634. The number of allylic oxidation sites excluding steroid dienone is 1. The summed E-state index contributed by atoms with van der Waals surface area (Å²) >= 11 is 0. The van der Waals surface area contributed by atoms with Gasteiger partial charge in [-0.15, -0.1) is 0 Å². The van der Waals surface area contributed by atoms with Gasteiger partial charge in [0.05, 0.1) is 11.4 Å². The molecule has 0 aliphatic heterocycles. The zero-order valence-corrected chi connectivity index (χ0v) is 5.91. The van der Waals surface area contributed by atoms with Gasteiger partial charge in [0, 0.05) is 6.20 Å². The standard InChI is InChI=1S/C8H10N2/c1-2-4-8-7(9)5-3-6-10-8/h2-6H,9H2,1H3/b4-2-. The van der Waals surface area contributed by atoms with E-state index in [0.717, 1.165) is 11.4 Å². The van der Waals surface area contributed by atoms with E-state index in [0.29, 0.717) is 0 Å². The number of aromatic nitrogens is 1. The largest absolute Gasteiger partial charge is 0.397 e. The van der Waals surface area contributed by atoms with E-state index in [4.69, 9.17) is 5.73 Å². The molecule has 52 valence electrons. The molecule has 0 aromatic carbocycles. The van der Waals surface area contributed by atoms with Crippen molar-refractivity contribution in [3.8, 4) is 0 Å². The minimum Gasteiger partial charge on any atom is -0.397 e. The van der Waals surface area contributed by atoms with E-state index < -0.39 is 0 Å². The number of nitrogens with zero attached hydrogens (tertiary/aromatic N) is 1. The van der Waals surface area contributed by atoms with Crippen LogP contribution in [0.5, 0.6) is 0 Å². The number of hydrogen-bond donors (Lipinski definition) is 1.